The van der Waals surface area contributed by atoms with E-state index in [0.717, 1.165) is 44.8 Å². The van der Waals surface area contributed by atoms with Gasteiger partial charge in [-0.15, -0.1) is 0 Å². The van der Waals surface area contributed by atoms with Crippen molar-refractivity contribution in [1.82, 2.24) is 0 Å². The largest absolute Gasteiger partial charge is 0.379 e. The Balaban J connectivity index is 5.19. The zero-order valence-electron chi connectivity index (χ0n) is 16.6. The summed E-state index contributed by atoms with van der Waals surface area (Å²) in [6.45, 7) is 7.37. The fraction of sp³-hybridized carbons (Fsp3) is 0.944. The van der Waals surface area contributed by atoms with Crippen LogP contribution in [0.4, 0.5) is 0 Å². The molecule has 0 unspecified atom stereocenters. The van der Waals surface area contributed by atoms with Gasteiger partial charge in [0, 0.05) is 19.8 Å². The number of hydrogen-bond donors (Lipinski definition) is 0. The van der Waals surface area contributed by atoms with Gasteiger partial charge in [0.05, 0.1) is 12.9 Å². The summed E-state index contributed by atoms with van der Waals surface area (Å²) in [6, 6.07) is 0. The molecular formula is C18H36O7S. The molecule has 0 spiro atoms. The smallest absolute Gasteiger partial charge is 0.264 e. The third-order valence-electron chi connectivity index (χ3n) is 3.66. The van der Waals surface area contributed by atoms with E-state index >= 15 is 0 Å². The summed E-state index contributed by atoms with van der Waals surface area (Å²) in [4.78, 5) is 11.6. The van der Waals surface area contributed by atoms with Crippen LogP contribution in [0, 0.1) is 0 Å². The molecule has 26 heavy (non-hydrogen) atoms. The average Bonchev–Trinajstić information content (AvgIpc) is 2.58. The molecule has 0 aromatic carbocycles. The molecule has 7 nitrogen and oxygen atoms in total. The van der Waals surface area contributed by atoms with Crippen molar-refractivity contribution in [2.24, 2.45) is 0 Å². The average molecular weight is 397 g/mol. The summed E-state index contributed by atoms with van der Waals surface area (Å²) in [6.07, 6.45) is 4.21. The van der Waals surface area contributed by atoms with Crippen molar-refractivity contribution in [1.29, 1.82) is 0 Å². The van der Waals surface area contributed by atoms with Gasteiger partial charge in [0.25, 0.3) is 10.1 Å². The van der Waals surface area contributed by atoms with E-state index in [1.807, 2.05) is 20.8 Å². The summed E-state index contributed by atoms with van der Waals surface area (Å²) in [5.41, 5.74) is 0. The van der Waals surface area contributed by atoms with E-state index in [1.54, 1.807) is 0 Å². The number of aldehydes is 1. The molecule has 0 bridgehead atoms. The van der Waals surface area contributed by atoms with Crippen LogP contribution < -0.4 is 0 Å². The number of carbonyl (C=O) groups is 1. The molecule has 8 heteroatoms. The van der Waals surface area contributed by atoms with E-state index in [9.17, 15) is 13.2 Å². The normalized spacial score (nSPS) is 15.5. The maximum Gasteiger partial charge on any atom is 0.264 e. The molecule has 0 heterocycles. The first kappa shape index (κ1) is 25.5. The number of rotatable bonds is 18. The van der Waals surface area contributed by atoms with Crippen molar-refractivity contribution in [3.63, 3.8) is 0 Å². The predicted octanol–water partition coefficient (Wildman–Crippen LogP) is 2.72. The second kappa shape index (κ2) is 15.5. The van der Waals surface area contributed by atoms with E-state index in [2.05, 4.69) is 0 Å². The molecule has 0 amide bonds. The Morgan fingerprint density at radius 3 is 1.92 bits per heavy atom. The van der Waals surface area contributed by atoms with Crippen LogP contribution in [0.5, 0.6) is 0 Å². The first-order valence-corrected chi connectivity index (χ1v) is 11.4. The predicted molar refractivity (Wildman–Crippen MR) is 101 cm³/mol. The van der Waals surface area contributed by atoms with Gasteiger partial charge in [-0.05, 0) is 19.3 Å². The van der Waals surface area contributed by atoms with E-state index in [0.29, 0.717) is 26.1 Å². The van der Waals surface area contributed by atoms with Crippen LogP contribution in [0.1, 0.15) is 59.3 Å². The highest BCUT2D eigenvalue weighted by atomic mass is 32.2. The van der Waals surface area contributed by atoms with Crippen molar-refractivity contribution in [2.75, 3.05) is 32.7 Å². The molecule has 0 rings (SSSR count). The molecule has 0 aromatic rings. The van der Waals surface area contributed by atoms with Crippen LogP contribution in [0.15, 0.2) is 0 Å². The quantitative estimate of drug-likeness (QED) is 0.200. The molecule has 0 N–H and O–H groups in total. The zero-order valence-corrected chi connectivity index (χ0v) is 17.5. The zero-order chi connectivity index (χ0) is 19.8. The Kier molecular flexibility index (Phi) is 15.2. The van der Waals surface area contributed by atoms with Gasteiger partial charge in [-0.25, -0.2) is 0 Å². The van der Waals surface area contributed by atoms with Gasteiger partial charge in [-0.2, -0.15) is 8.42 Å². The van der Waals surface area contributed by atoms with E-state index < -0.39 is 28.4 Å². The number of unbranched alkanes of at least 4 members (excludes halogenated alkanes) is 3. The van der Waals surface area contributed by atoms with Crippen LogP contribution in [0.2, 0.25) is 0 Å². The Hall–Kier alpha value is -0.540. The highest BCUT2D eigenvalue weighted by Gasteiger charge is 2.34. The summed E-state index contributed by atoms with van der Waals surface area (Å²) >= 11 is 0. The van der Waals surface area contributed by atoms with Crippen LogP contribution in [-0.2, 0) is 33.3 Å². The Bertz CT molecular complexity index is 439. The molecule has 0 radical (unpaired) electrons. The first-order valence-electron chi connectivity index (χ1n) is 9.54. The van der Waals surface area contributed by atoms with Crippen molar-refractivity contribution in [3.8, 4) is 0 Å². The van der Waals surface area contributed by atoms with Crippen molar-refractivity contribution in [3.05, 3.63) is 0 Å². The van der Waals surface area contributed by atoms with E-state index in [-0.39, 0.29) is 6.61 Å². The minimum Gasteiger partial charge on any atom is -0.379 e. The molecular weight excluding hydrogens is 360 g/mol. The first-order chi connectivity index (χ1) is 12.4. The lowest BCUT2D eigenvalue weighted by atomic mass is 10.1. The molecule has 0 fully saturated rings. The van der Waals surface area contributed by atoms with Gasteiger partial charge in [-0.3, -0.25) is 4.18 Å². The van der Waals surface area contributed by atoms with Gasteiger partial charge in [0.1, 0.15) is 18.3 Å². The van der Waals surface area contributed by atoms with Gasteiger partial charge in [0.2, 0.25) is 0 Å². The molecule has 0 aliphatic heterocycles. The topological polar surface area (TPSA) is 88.1 Å². The molecule has 0 aromatic heterocycles. The van der Waals surface area contributed by atoms with Crippen LogP contribution >= 0.6 is 0 Å². The summed E-state index contributed by atoms with van der Waals surface area (Å²) in [7, 11) is -3.74. The lowest BCUT2D eigenvalue weighted by Crippen LogP contribution is -2.47. The van der Waals surface area contributed by atoms with E-state index in [1.165, 1.54) is 0 Å². The van der Waals surface area contributed by atoms with Crippen LogP contribution in [-0.4, -0.2) is 65.7 Å². The van der Waals surface area contributed by atoms with Crippen molar-refractivity contribution < 1.29 is 31.6 Å². The van der Waals surface area contributed by atoms with E-state index in [4.69, 9.17) is 18.4 Å². The fourth-order valence-electron chi connectivity index (χ4n) is 2.20. The summed E-state index contributed by atoms with van der Waals surface area (Å²) < 4.78 is 45.5. The maximum atomic E-state index is 11.7. The Morgan fingerprint density at radius 1 is 0.885 bits per heavy atom. The molecule has 3 atom stereocenters. The third kappa shape index (κ3) is 12.8. The molecule has 0 aliphatic carbocycles. The highest BCUT2D eigenvalue weighted by Crippen LogP contribution is 2.16. The van der Waals surface area contributed by atoms with Crippen molar-refractivity contribution in [2.45, 2.75) is 77.6 Å². The van der Waals surface area contributed by atoms with Gasteiger partial charge in [-0.1, -0.05) is 40.0 Å². The number of hydrogen-bond acceptors (Lipinski definition) is 7. The second-order valence-electron chi connectivity index (χ2n) is 6.28. The SMILES string of the molecule is CCCCOC[C@H](OS(C)(=O)=O)[C@H](OCCCC)[C@H](C=O)OCCCC. The highest BCUT2D eigenvalue weighted by molar-refractivity contribution is 7.86. The van der Waals surface area contributed by atoms with Crippen LogP contribution in [0.25, 0.3) is 0 Å². The van der Waals surface area contributed by atoms with Crippen molar-refractivity contribution >= 4 is 16.4 Å². The third-order valence-corrected chi connectivity index (χ3v) is 4.26. The Morgan fingerprint density at radius 2 is 1.42 bits per heavy atom. The lowest BCUT2D eigenvalue weighted by Gasteiger charge is -2.30. The molecule has 0 saturated heterocycles. The molecule has 0 saturated carbocycles. The Labute approximate surface area is 158 Å². The standard InChI is InChI=1S/C18H36O7S/c1-5-8-11-22-15-17(25-26(4,20)21)18(24-13-10-7-3)16(14-19)23-12-9-6-2/h14,16-18H,5-13,15H2,1-4H3/t16-,17-,18+/m0/s1. The fourth-order valence-corrected chi connectivity index (χ4v) is 2.81. The summed E-state index contributed by atoms with van der Waals surface area (Å²) in [5, 5.41) is 0. The number of ether oxygens (including phenoxy) is 3. The maximum absolute atomic E-state index is 11.7. The monoisotopic (exact) mass is 396 g/mol. The molecule has 156 valence electrons. The van der Waals surface area contributed by atoms with Crippen LogP contribution in [0.3, 0.4) is 0 Å². The minimum absolute atomic E-state index is 0.0192. The summed E-state index contributed by atoms with van der Waals surface area (Å²) in [5.74, 6) is 0. The van der Waals surface area contributed by atoms with Gasteiger partial charge < -0.3 is 19.0 Å². The molecule has 0 aliphatic rings. The number of carbonyl (C=O) groups excluding carboxylic acids is 1. The van der Waals surface area contributed by atoms with Gasteiger partial charge in [0.15, 0.2) is 6.29 Å². The lowest BCUT2D eigenvalue weighted by molar-refractivity contribution is -0.146. The van der Waals surface area contributed by atoms with Gasteiger partial charge >= 0.3 is 0 Å². The second-order valence-corrected chi connectivity index (χ2v) is 7.88. The minimum atomic E-state index is -3.74.